The van der Waals surface area contributed by atoms with Gasteiger partial charge in [-0.3, -0.25) is 0 Å². The van der Waals surface area contributed by atoms with Gasteiger partial charge in [0.2, 0.25) is 0 Å². The molecule has 0 saturated heterocycles. The highest BCUT2D eigenvalue weighted by molar-refractivity contribution is 6.29. The number of rotatable bonds is 5. The van der Waals surface area contributed by atoms with Crippen molar-refractivity contribution in [2.45, 2.75) is 6.54 Å². The first-order valence-corrected chi connectivity index (χ1v) is 6.17. The number of nitrogens with one attached hydrogen (secondary N) is 1. The monoisotopic (exact) mass is 278 g/mol. The zero-order valence-electron chi connectivity index (χ0n) is 10.8. The zero-order valence-corrected chi connectivity index (χ0v) is 11.6. The second-order valence-corrected chi connectivity index (χ2v) is 4.26. The smallest absolute Gasteiger partial charge is 0.165 e. The molecule has 1 N–H and O–H groups in total. The van der Waals surface area contributed by atoms with Crippen molar-refractivity contribution in [3.8, 4) is 11.5 Å². The SMILES string of the molecule is COc1cccc(CNc2ccc(Cl)nc2)c1OC. The molecule has 0 unspecified atom stereocenters. The van der Waals surface area contributed by atoms with Crippen molar-refractivity contribution in [3.63, 3.8) is 0 Å². The molecule has 100 valence electrons. The molecule has 19 heavy (non-hydrogen) atoms. The lowest BCUT2D eigenvalue weighted by Gasteiger charge is -2.13. The molecule has 0 saturated carbocycles. The van der Waals surface area contributed by atoms with E-state index >= 15 is 0 Å². The van der Waals surface area contributed by atoms with E-state index in [1.54, 1.807) is 26.5 Å². The number of hydrogen-bond acceptors (Lipinski definition) is 4. The number of nitrogens with zero attached hydrogens (tertiary/aromatic N) is 1. The van der Waals surface area contributed by atoms with E-state index in [2.05, 4.69) is 10.3 Å². The number of hydrogen-bond donors (Lipinski definition) is 1. The van der Waals surface area contributed by atoms with E-state index in [0.717, 1.165) is 22.7 Å². The number of halogens is 1. The minimum Gasteiger partial charge on any atom is -0.493 e. The molecular weight excluding hydrogens is 264 g/mol. The van der Waals surface area contributed by atoms with Crippen LogP contribution in [0.15, 0.2) is 36.5 Å². The number of ether oxygens (including phenoxy) is 2. The second kappa shape index (κ2) is 6.29. The molecule has 2 rings (SSSR count). The minimum absolute atomic E-state index is 0.476. The lowest BCUT2D eigenvalue weighted by atomic mass is 10.2. The Morgan fingerprint density at radius 2 is 2.00 bits per heavy atom. The summed E-state index contributed by atoms with van der Waals surface area (Å²) in [4.78, 5) is 4.01. The maximum atomic E-state index is 5.74. The molecule has 0 radical (unpaired) electrons. The standard InChI is InChI=1S/C14H15ClN2O2/c1-18-12-5-3-4-10(14(12)19-2)8-16-11-6-7-13(15)17-9-11/h3-7,9,16H,8H2,1-2H3. The van der Waals surface area contributed by atoms with Gasteiger partial charge in [0.05, 0.1) is 26.1 Å². The number of benzene rings is 1. The van der Waals surface area contributed by atoms with Crippen molar-refractivity contribution in [1.82, 2.24) is 4.98 Å². The zero-order chi connectivity index (χ0) is 13.7. The predicted molar refractivity (Wildman–Crippen MR) is 76.1 cm³/mol. The van der Waals surface area contributed by atoms with E-state index < -0.39 is 0 Å². The third-order valence-electron chi connectivity index (χ3n) is 2.69. The van der Waals surface area contributed by atoms with Crippen molar-refractivity contribution in [3.05, 3.63) is 47.2 Å². The van der Waals surface area contributed by atoms with Crippen molar-refractivity contribution in [2.75, 3.05) is 19.5 Å². The second-order valence-electron chi connectivity index (χ2n) is 3.88. The van der Waals surface area contributed by atoms with Gasteiger partial charge < -0.3 is 14.8 Å². The molecule has 0 fully saturated rings. The summed E-state index contributed by atoms with van der Waals surface area (Å²) >= 11 is 5.74. The summed E-state index contributed by atoms with van der Waals surface area (Å²) < 4.78 is 10.6. The van der Waals surface area contributed by atoms with Gasteiger partial charge in [-0.05, 0) is 18.2 Å². The lowest BCUT2D eigenvalue weighted by molar-refractivity contribution is 0.352. The highest BCUT2D eigenvalue weighted by atomic mass is 35.5. The number of aromatic nitrogens is 1. The van der Waals surface area contributed by atoms with Gasteiger partial charge in [0.1, 0.15) is 5.15 Å². The number of anilines is 1. The number of para-hydroxylation sites is 1. The van der Waals surface area contributed by atoms with Crippen LogP contribution in [0.5, 0.6) is 11.5 Å². The minimum atomic E-state index is 0.476. The molecule has 0 spiro atoms. The molecule has 1 heterocycles. The van der Waals surface area contributed by atoms with E-state index in [4.69, 9.17) is 21.1 Å². The molecule has 1 aromatic heterocycles. The lowest BCUT2D eigenvalue weighted by Crippen LogP contribution is -2.03. The molecular formula is C14H15ClN2O2. The normalized spacial score (nSPS) is 10.1. The fraction of sp³-hybridized carbons (Fsp3) is 0.214. The Hall–Kier alpha value is -1.94. The van der Waals surface area contributed by atoms with Crippen LogP contribution in [-0.4, -0.2) is 19.2 Å². The molecule has 0 bridgehead atoms. The van der Waals surface area contributed by atoms with Crippen LogP contribution < -0.4 is 14.8 Å². The van der Waals surface area contributed by atoms with Crippen molar-refractivity contribution in [1.29, 1.82) is 0 Å². The summed E-state index contributed by atoms with van der Waals surface area (Å²) in [7, 11) is 3.25. The van der Waals surface area contributed by atoms with Crippen molar-refractivity contribution >= 4 is 17.3 Å². The molecule has 0 atom stereocenters. The average Bonchev–Trinajstić information content (AvgIpc) is 2.46. The quantitative estimate of drug-likeness (QED) is 0.852. The van der Waals surface area contributed by atoms with Crippen LogP contribution in [0.2, 0.25) is 5.15 Å². The van der Waals surface area contributed by atoms with Crippen LogP contribution in [0.25, 0.3) is 0 Å². The Labute approximate surface area is 117 Å². The summed E-state index contributed by atoms with van der Waals surface area (Å²) in [5.74, 6) is 1.45. The predicted octanol–water partition coefficient (Wildman–Crippen LogP) is 3.36. The molecule has 1 aromatic carbocycles. The highest BCUT2D eigenvalue weighted by Crippen LogP contribution is 2.31. The molecule has 0 aliphatic rings. The third kappa shape index (κ3) is 3.29. The van der Waals surface area contributed by atoms with E-state index in [1.165, 1.54) is 0 Å². The summed E-state index contributed by atoms with van der Waals surface area (Å²) in [6.45, 7) is 0.615. The van der Waals surface area contributed by atoms with Crippen LogP contribution in [0, 0.1) is 0 Å². The topological polar surface area (TPSA) is 43.4 Å². The van der Waals surface area contributed by atoms with Gasteiger partial charge in [0.25, 0.3) is 0 Å². The van der Waals surface area contributed by atoms with Crippen LogP contribution in [0.1, 0.15) is 5.56 Å². The van der Waals surface area contributed by atoms with E-state index in [9.17, 15) is 0 Å². The van der Waals surface area contributed by atoms with Crippen molar-refractivity contribution < 1.29 is 9.47 Å². The van der Waals surface area contributed by atoms with E-state index in [0.29, 0.717) is 11.7 Å². The van der Waals surface area contributed by atoms with Crippen molar-refractivity contribution in [2.24, 2.45) is 0 Å². The maximum absolute atomic E-state index is 5.74. The van der Waals surface area contributed by atoms with Crippen LogP contribution in [-0.2, 0) is 6.54 Å². The maximum Gasteiger partial charge on any atom is 0.165 e. The van der Waals surface area contributed by atoms with E-state index in [1.807, 2.05) is 24.3 Å². The summed E-state index contributed by atoms with van der Waals surface area (Å²) in [6.07, 6.45) is 1.69. The Kier molecular flexibility index (Phi) is 4.47. The highest BCUT2D eigenvalue weighted by Gasteiger charge is 2.08. The number of pyridine rings is 1. The van der Waals surface area contributed by atoms with Gasteiger partial charge in [-0.2, -0.15) is 0 Å². The summed E-state index contributed by atoms with van der Waals surface area (Å²) in [5.41, 5.74) is 1.91. The van der Waals surface area contributed by atoms with Crippen LogP contribution in [0.3, 0.4) is 0 Å². The van der Waals surface area contributed by atoms with Crippen LogP contribution >= 0.6 is 11.6 Å². The fourth-order valence-corrected chi connectivity index (χ4v) is 1.88. The summed E-state index contributed by atoms with van der Waals surface area (Å²) in [5, 5.41) is 3.73. The summed E-state index contributed by atoms with van der Waals surface area (Å²) in [6, 6.07) is 9.40. The first kappa shape index (κ1) is 13.5. The van der Waals surface area contributed by atoms with Gasteiger partial charge in [0.15, 0.2) is 11.5 Å². The Morgan fingerprint density at radius 1 is 1.16 bits per heavy atom. The molecule has 4 nitrogen and oxygen atoms in total. The Balaban J connectivity index is 2.13. The first-order valence-electron chi connectivity index (χ1n) is 5.80. The number of methoxy groups -OCH3 is 2. The van der Waals surface area contributed by atoms with Gasteiger partial charge >= 0.3 is 0 Å². The average molecular weight is 279 g/mol. The molecule has 0 aliphatic carbocycles. The fourth-order valence-electron chi connectivity index (χ4n) is 1.77. The first-order chi connectivity index (χ1) is 9.24. The van der Waals surface area contributed by atoms with Gasteiger partial charge in [-0.25, -0.2) is 4.98 Å². The largest absolute Gasteiger partial charge is 0.493 e. The molecule has 5 heteroatoms. The Bertz CT molecular complexity index is 544. The molecule has 0 amide bonds. The van der Waals surface area contributed by atoms with Gasteiger partial charge in [-0.1, -0.05) is 23.7 Å². The molecule has 2 aromatic rings. The molecule has 0 aliphatic heterocycles. The van der Waals surface area contributed by atoms with E-state index in [-0.39, 0.29) is 0 Å². The van der Waals surface area contributed by atoms with Crippen LogP contribution in [0.4, 0.5) is 5.69 Å². The Morgan fingerprint density at radius 3 is 2.63 bits per heavy atom. The third-order valence-corrected chi connectivity index (χ3v) is 2.92. The van der Waals surface area contributed by atoms with Gasteiger partial charge in [-0.15, -0.1) is 0 Å². The van der Waals surface area contributed by atoms with Gasteiger partial charge in [0, 0.05) is 12.1 Å².